The predicted molar refractivity (Wildman–Crippen MR) is 105 cm³/mol. The average molecular weight is 432 g/mol. The number of hydrogen-bond donors (Lipinski definition) is 3. The molecule has 2 amide bonds. The first-order chi connectivity index (χ1) is 13.0. The molecule has 0 saturated carbocycles. The zero-order chi connectivity index (χ0) is 19.2. The molecule has 0 spiro atoms. The van der Waals surface area contributed by atoms with Crippen molar-refractivity contribution < 1.29 is 13.9 Å². The molecule has 0 fully saturated rings. The van der Waals surface area contributed by atoms with Crippen molar-refractivity contribution in [3.8, 4) is 11.6 Å². The van der Waals surface area contributed by atoms with Gasteiger partial charge < -0.3 is 20.7 Å². The molecule has 0 aliphatic carbocycles. The van der Waals surface area contributed by atoms with Crippen molar-refractivity contribution in [2.45, 2.75) is 0 Å². The summed E-state index contributed by atoms with van der Waals surface area (Å²) in [5.41, 5.74) is 0.897. The summed E-state index contributed by atoms with van der Waals surface area (Å²) < 4.78 is 20.6. The first-order valence-corrected chi connectivity index (χ1v) is 8.63. The predicted octanol–water partition coefficient (Wildman–Crippen LogP) is 4.86. The lowest BCUT2D eigenvalue weighted by molar-refractivity contribution is 0.262. The number of urea groups is 1. The number of hydrogen-bond acceptors (Lipinski definition) is 5. The Hall–Kier alpha value is -3.20. The Morgan fingerprint density at radius 1 is 1.04 bits per heavy atom. The SMILES string of the molecule is CNc1cc(Oc2ccc(NC(=O)Nc3ccc(Br)cc3)cc2F)ncn1. The van der Waals surface area contributed by atoms with Crippen LogP contribution in [0.5, 0.6) is 11.6 Å². The maximum absolute atomic E-state index is 14.3. The Bertz CT molecular complexity index is 953. The second kappa shape index (κ2) is 8.45. The molecule has 0 atom stereocenters. The largest absolute Gasteiger partial charge is 0.436 e. The number of nitrogens with one attached hydrogen (secondary N) is 3. The van der Waals surface area contributed by atoms with Crippen molar-refractivity contribution in [2.24, 2.45) is 0 Å². The van der Waals surface area contributed by atoms with E-state index in [9.17, 15) is 9.18 Å². The standard InChI is InChI=1S/C18H15BrFN5O2/c1-21-16-9-17(23-10-22-16)27-15-7-6-13(8-14(15)20)25-18(26)24-12-4-2-11(19)3-5-12/h2-10H,1H3,(H,21,22,23)(H2,24,25,26). The quantitative estimate of drug-likeness (QED) is 0.536. The van der Waals surface area contributed by atoms with Gasteiger partial charge in [-0.3, -0.25) is 0 Å². The van der Waals surface area contributed by atoms with Crippen LogP contribution in [0.2, 0.25) is 0 Å². The van der Waals surface area contributed by atoms with Crippen LogP contribution in [0.4, 0.5) is 26.4 Å². The van der Waals surface area contributed by atoms with E-state index in [0.29, 0.717) is 11.5 Å². The van der Waals surface area contributed by atoms with Gasteiger partial charge in [0, 0.05) is 35.0 Å². The summed E-state index contributed by atoms with van der Waals surface area (Å²) >= 11 is 3.32. The molecule has 3 rings (SSSR count). The molecule has 9 heteroatoms. The second-order valence-corrected chi connectivity index (χ2v) is 6.24. The van der Waals surface area contributed by atoms with E-state index in [0.717, 1.165) is 10.5 Å². The lowest BCUT2D eigenvalue weighted by Gasteiger charge is -2.10. The molecule has 0 radical (unpaired) electrons. The molecule has 0 bridgehead atoms. The van der Waals surface area contributed by atoms with Crippen LogP contribution in [-0.4, -0.2) is 23.0 Å². The lowest BCUT2D eigenvalue weighted by Crippen LogP contribution is -2.19. The van der Waals surface area contributed by atoms with Crippen LogP contribution in [0.3, 0.4) is 0 Å². The van der Waals surface area contributed by atoms with E-state index in [2.05, 4.69) is 41.8 Å². The van der Waals surface area contributed by atoms with Crippen LogP contribution >= 0.6 is 15.9 Å². The van der Waals surface area contributed by atoms with Crippen molar-refractivity contribution in [3.05, 3.63) is 65.1 Å². The van der Waals surface area contributed by atoms with Crippen molar-refractivity contribution in [1.29, 1.82) is 0 Å². The van der Waals surface area contributed by atoms with Gasteiger partial charge in [-0.15, -0.1) is 0 Å². The van der Waals surface area contributed by atoms with Crippen LogP contribution in [-0.2, 0) is 0 Å². The lowest BCUT2D eigenvalue weighted by atomic mass is 10.3. The number of halogens is 2. The molecule has 0 aliphatic heterocycles. The minimum Gasteiger partial charge on any atom is -0.436 e. The molecule has 3 N–H and O–H groups in total. The monoisotopic (exact) mass is 431 g/mol. The fraction of sp³-hybridized carbons (Fsp3) is 0.0556. The normalized spacial score (nSPS) is 10.2. The number of carbonyl (C=O) groups excluding carboxylic acids is 1. The van der Waals surface area contributed by atoms with Crippen LogP contribution in [0.25, 0.3) is 0 Å². The fourth-order valence-corrected chi connectivity index (χ4v) is 2.40. The number of aromatic nitrogens is 2. The Kier molecular flexibility index (Phi) is 5.82. The number of benzene rings is 2. The van der Waals surface area contributed by atoms with E-state index in [4.69, 9.17) is 4.74 Å². The van der Waals surface area contributed by atoms with Gasteiger partial charge in [0.1, 0.15) is 12.1 Å². The van der Waals surface area contributed by atoms with Crippen molar-refractivity contribution in [3.63, 3.8) is 0 Å². The maximum Gasteiger partial charge on any atom is 0.323 e. The Labute approximate surface area is 163 Å². The minimum atomic E-state index is -0.638. The van der Waals surface area contributed by atoms with Gasteiger partial charge in [-0.25, -0.2) is 19.2 Å². The molecule has 3 aromatic rings. The molecule has 27 heavy (non-hydrogen) atoms. The zero-order valence-corrected chi connectivity index (χ0v) is 15.7. The molecule has 2 aromatic carbocycles. The third-order valence-electron chi connectivity index (χ3n) is 3.40. The van der Waals surface area contributed by atoms with E-state index < -0.39 is 11.8 Å². The van der Waals surface area contributed by atoms with E-state index in [1.54, 1.807) is 31.3 Å². The fourth-order valence-electron chi connectivity index (χ4n) is 2.13. The highest BCUT2D eigenvalue weighted by atomic mass is 79.9. The molecule has 138 valence electrons. The summed E-state index contributed by atoms with van der Waals surface area (Å²) in [5.74, 6) is 0.0842. The van der Waals surface area contributed by atoms with Gasteiger partial charge in [0.2, 0.25) is 5.88 Å². The molecular formula is C18H15BrFN5O2. The second-order valence-electron chi connectivity index (χ2n) is 5.32. The molecule has 1 heterocycles. The summed E-state index contributed by atoms with van der Waals surface area (Å²) in [6, 6.07) is 12.2. The third-order valence-corrected chi connectivity index (χ3v) is 3.93. The smallest absolute Gasteiger partial charge is 0.323 e. The Morgan fingerprint density at radius 2 is 1.74 bits per heavy atom. The highest BCUT2D eigenvalue weighted by Gasteiger charge is 2.10. The summed E-state index contributed by atoms with van der Waals surface area (Å²) in [7, 11) is 1.70. The number of rotatable bonds is 5. The summed E-state index contributed by atoms with van der Waals surface area (Å²) in [5, 5.41) is 8.06. The van der Waals surface area contributed by atoms with Crippen LogP contribution in [0, 0.1) is 5.82 Å². The van der Waals surface area contributed by atoms with Crippen LogP contribution in [0.1, 0.15) is 0 Å². The molecule has 0 unspecified atom stereocenters. The van der Waals surface area contributed by atoms with Gasteiger partial charge in [-0.05, 0) is 36.4 Å². The van der Waals surface area contributed by atoms with Gasteiger partial charge in [-0.1, -0.05) is 15.9 Å². The van der Waals surface area contributed by atoms with E-state index >= 15 is 0 Å². The average Bonchev–Trinajstić information content (AvgIpc) is 2.66. The van der Waals surface area contributed by atoms with Crippen molar-refractivity contribution >= 4 is 39.2 Å². The first-order valence-electron chi connectivity index (χ1n) is 7.84. The van der Waals surface area contributed by atoms with Gasteiger partial charge in [0.15, 0.2) is 11.6 Å². The summed E-state index contributed by atoms with van der Waals surface area (Å²) in [6.45, 7) is 0. The molecule has 0 aliphatic rings. The summed E-state index contributed by atoms with van der Waals surface area (Å²) in [4.78, 5) is 19.9. The Morgan fingerprint density at radius 3 is 2.44 bits per heavy atom. The van der Waals surface area contributed by atoms with Crippen molar-refractivity contribution in [1.82, 2.24) is 9.97 Å². The minimum absolute atomic E-state index is 0.0189. The van der Waals surface area contributed by atoms with Gasteiger partial charge in [0.05, 0.1) is 0 Å². The number of nitrogens with zero attached hydrogens (tertiary/aromatic N) is 2. The van der Waals surface area contributed by atoms with E-state index in [1.807, 2.05) is 0 Å². The van der Waals surface area contributed by atoms with Crippen LogP contribution in [0.15, 0.2) is 59.3 Å². The number of ether oxygens (including phenoxy) is 1. The number of anilines is 3. The third kappa shape index (κ3) is 5.14. The van der Waals surface area contributed by atoms with E-state index in [1.165, 1.54) is 24.5 Å². The number of carbonyl (C=O) groups is 1. The van der Waals surface area contributed by atoms with Crippen molar-refractivity contribution in [2.75, 3.05) is 23.0 Å². The van der Waals surface area contributed by atoms with Gasteiger partial charge >= 0.3 is 6.03 Å². The first kappa shape index (κ1) is 18.6. The molecule has 1 aromatic heterocycles. The van der Waals surface area contributed by atoms with E-state index in [-0.39, 0.29) is 17.3 Å². The number of amides is 2. The van der Waals surface area contributed by atoms with Crippen LogP contribution < -0.4 is 20.7 Å². The van der Waals surface area contributed by atoms with Gasteiger partial charge in [-0.2, -0.15) is 0 Å². The highest BCUT2D eigenvalue weighted by Crippen LogP contribution is 2.26. The molecule has 7 nitrogen and oxygen atoms in total. The zero-order valence-electron chi connectivity index (χ0n) is 14.2. The molecular weight excluding hydrogens is 417 g/mol. The summed E-state index contributed by atoms with van der Waals surface area (Å²) in [6.07, 6.45) is 1.31. The highest BCUT2D eigenvalue weighted by molar-refractivity contribution is 9.10. The maximum atomic E-state index is 14.3. The topological polar surface area (TPSA) is 88.2 Å². The molecule has 0 saturated heterocycles. The Balaban J connectivity index is 1.65. The van der Waals surface area contributed by atoms with Gasteiger partial charge in [0.25, 0.3) is 0 Å².